The Balaban J connectivity index is 2.74. The van der Waals surface area contributed by atoms with E-state index in [0.717, 1.165) is 12.1 Å². The Kier molecular flexibility index (Phi) is 4.30. The van der Waals surface area contributed by atoms with Gasteiger partial charge in [-0.2, -0.15) is 13.2 Å². The SMILES string of the molecule is NC(=O)C[C@@H](C=O)Nc1ccc(C(F)(F)F)cc1. The lowest BCUT2D eigenvalue weighted by Gasteiger charge is -2.13. The van der Waals surface area contributed by atoms with Crippen LogP contribution >= 0.6 is 0 Å². The molecule has 0 heterocycles. The van der Waals surface area contributed by atoms with Crippen LogP contribution in [-0.4, -0.2) is 18.2 Å². The minimum Gasteiger partial charge on any atom is -0.375 e. The fourth-order valence-corrected chi connectivity index (χ4v) is 1.32. The first-order valence-corrected chi connectivity index (χ1v) is 5.00. The maximum Gasteiger partial charge on any atom is 0.416 e. The highest BCUT2D eigenvalue weighted by Gasteiger charge is 2.29. The van der Waals surface area contributed by atoms with Gasteiger partial charge in [0.2, 0.25) is 5.91 Å². The predicted molar refractivity (Wildman–Crippen MR) is 58.7 cm³/mol. The Morgan fingerprint density at radius 3 is 2.28 bits per heavy atom. The van der Waals surface area contributed by atoms with Crippen molar-refractivity contribution < 1.29 is 22.8 Å². The van der Waals surface area contributed by atoms with E-state index >= 15 is 0 Å². The van der Waals surface area contributed by atoms with Crippen LogP contribution in [0.15, 0.2) is 24.3 Å². The van der Waals surface area contributed by atoms with Gasteiger partial charge in [0.15, 0.2) is 0 Å². The summed E-state index contributed by atoms with van der Waals surface area (Å²) < 4.78 is 36.8. The van der Waals surface area contributed by atoms with Crippen molar-refractivity contribution in [3.05, 3.63) is 29.8 Å². The molecule has 0 aromatic heterocycles. The van der Waals surface area contributed by atoms with Crippen molar-refractivity contribution in [2.24, 2.45) is 5.73 Å². The summed E-state index contributed by atoms with van der Waals surface area (Å²) >= 11 is 0. The van der Waals surface area contributed by atoms with Crippen molar-refractivity contribution in [1.82, 2.24) is 0 Å². The van der Waals surface area contributed by atoms with Crippen molar-refractivity contribution in [2.45, 2.75) is 18.6 Å². The average molecular weight is 260 g/mol. The van der Waals surface area contributed by atoms with Crippen LogP contribution in [0, 0.1) is 0 Å². The molecule has 1 amide bonds. The van der Waals surface area contributed by atoms with Gasteiger partial charge >= 0.3 is 6.18 Å². The number of primary amides is 1. The minimum absolute atomic E-state index is 0.218. The second-order valence-electron chi connectivity index (χ2n) is 3.63. The number of nitrogens with one attached hydrogen (secondary N) is 1. The molecule has 0 saturated heterocycles. The monoisotopic (exact) mass is 260 g/mol. The number of carbonyl (C=O) groups excluding carboxylic acids is 2. The Labute approximate surface area is 101 Å². The number of hydrogen-bond donors (Lipinski definition) is 2. The zero-order chi connectivity index (χ0) is 13.8. The van der Waals surface area contributed by atoms with Gasteiger partial charge in [0, 0.05) is 5.69 Å². The zero-order valence-corrected chi connectivity index (χ0v) is 9.20. The number of amides is 1. The molecule has 0 aliphatic carbocycles. The average Bonchev–Trinajstić information content (AvgIpc) is 2.27. The smallest absolute Gasteiger partial charge is 0.375 e. The van der Waals surface area contributed by atoms with Crippen LogP contribution in [-0.2, 0) is 15.8 Å². The Morgan fingerprint density at radius 1 is 1.33 bits per heavy atom. The summed E-state index contributed by atoms with van der Waals surface area (Å²) in [4.78, 5) is 21.2. The van der Waals surface area contributed by atoms with Crippen LogP contribution in [0.5, 0.6) is 0 Å². The summed E-state index contributed by atoms with van der Waals surface area (Å²) in [6.07, 6.45) is -4.15. The van der Waals surface area contributed by atoms with Crippen molar-refractivity contribution in [3.8, 4) is 0 Å². The lowest BCUT2D eigenvalue weighted by Crippen LogP contribution is -2.28. The number of alkyl halides is 3. The fraction of sp³-hybridized carbons (Fsp3) is 0.273. The molecule has 1 aromatic rings. The van der Waals surface area contributed by atoms with Gasteiger partial charge in [0.25, 0.3) is 0 Å². The Morgan fingerprint density at radius 2 is 1.89 bits per heavy atom. The molecule has 1 rings (SSSR count). The van der Waals surface area contributed by atoms with Crippen molar-refractivity contribution in [1.29, 1.82) is 0 Å². The molecule has 0 aliphatic rings. The summed E-state index contributed by atoms with van der Waals surface area (Å²) in [5.74, 6) is -0.675. The topological polar surface area (TPSA) is 72.2 Å². The lowest BCUT2D eigenvalue weighted by atomic mass is 10.1. The molecular formula is C11H11F3N2O2. The van der Waals surface area contributed by atoms with Crippen LogP contribution in [0.3, 0.4) is 0 Å². The molecule has 0 aliphatic heterocycles. The molecule has 1 atom stereocenters. The normalized spacial score (nSPS) is 12.8. The molecule has 98 valence electrons. The first-order chi connectivity index (χ1) is 8.32. The highest BCUT2D eigenvalue weighted by molar-refractivity contribution is 5.80. The van der Waals surface area contributed by atoms with Gasteiger partial charge in [-0.05, 0) is 24.3 Å². The summed E-state index contributed by atoms with van der Waals surface area (Å²) in [5, 5.41) is 2.60. The second-order valence-corrected chi connectivity index (χ2v) is 3.63. The van der Waals surface area contributed by atoms with E-state index in [9.17, 15) is 22.8 Å². The van der Waals surface area contributed by atoms with Crippen LogP contribution in [0.25, 0.3) is 0 Å². The number of aldehydes is 1. The molecule has 0 unspecified atom stereocenters. The third-order valence-electron chi connectivity index (χ3n) is 2.15. The number of nitrogens with two attached hydrogens (primary N) is 1. The van der Waals surface area contributed by atoms with Gasteiger partial charge in [-0.15, -0.1) is 0 Å². The van der Waals surface area contributed by atoms with E-state index in [1.165, 1.54) is 12.1 Å². The first kappa shape index (κ1) is 14.0. The molecule has 0 radical (unpaired) electrons. The summed E-state index contributed by atoms with van der Waals surface area (Å²) in [7, 11) is 0. The highest BCUT2D eigenvalue weighted by Crippen LogP contribution is 2.29. The third-order valence-corrected chi connectivity index (χ3v) is 2.15. The van der Waals surface area contributed by atoms with Crippen LogP contribution < -0.4 is 11.1 Å². The van der Waals surface area contributed by atoms with Gasteiger partial charge in [-0.1, -0.05) is 0 Å². The summed E-state index contributed by atoms with van der Waals surface area (Å²) in [6, 6.07) is 3.28. The van der Waals surface area contributed by atoms with E-state index in [2.05, 4.69) is 5.32 Å². The molecule has 0 fully saturated rings. The predicted octanol–water partition coefficient (Wildman–Crippen LogP) is 1.56. The van der Waals surface area contributed by atoms with Gasteiger partial charge in [0.05, 0.1) is 18.0 Å². The Bertz CT molecular complexity index is 429. The molecule has 7 heteroatoms. The zero-order valence-electron chi connectivity index (χ0n) is 9.20. The van der Waals surface area contributed by atoms with E-state index in [1.54, 1.807) is 0 Å². The molecule has 3 N–H and O–H groups in total. The fourth-order valence-electron chi connectivity index (χ4n) is 1.32. The van der Waals surface area contributed by atoms with E-state index in [4.69, 9.17) is 5.73 Å². The van der Waals surface area contributed by atoms with E-state index in [0.29, 0.717) is 12.0 Å². The summed E-state index contributed by atoms with van der Waals surface area (Å²) in [6.45, 7) is 0. The van der Waals surface area contributed by atoms with E-state index < -0.39 is 23.7 Å². The van der Waals surface area contributed by atoms with Crippen LogP contribution in [0.4, 0.5) is 18.9 Å². The second kappa shape index (κ2) is 5.52. The van der Waals surface area contributed by atoms with E-state index in [-0.39, 0.29) is 6.42 Å². The molecule has 1 aromatic carbocycles. The molecule has 4 nitrogen and oxygen atoms in total. The number of anilines is 1. The minimum atomic E-state index is -4.41. The van der Waals surface area contributed by atoms with Gasteiger partial charge in [0.1, 0.15) is 6.29 Å². The molecule has 0 bridgehead atoms. The molecule has 0 saturated carbocycles. The lowest BCUT2D eigenvalue weighted by molar-refractivity contribution is -0.137. The molecular weight excluding hydrogens is 249 g/mol. The van der Waals surface area contributed by atoms with Crippen molar-refractivity contribution >= 4 is 17.9 Å². The van der Waals surface area contributed by atoms with Gasteiger partial charge in [-0.3, -0.25) is 4.79 Å². The standard InChI is InChI=1S/C11H11F3N2O2/c12-11(13,14)7-1-3-8(4-2-7)16-9(6-17)5-10(15)18/h1-4,6,9,16H,5H2,(H2,15,18)/t9-/m0/s1. The number of halogens is 3. The van der Waals surface area contributed by atoms with Crippen LogP contribution in [0.2, 0.25) is 0 Å². The van der Waals surface area contributed by atoms with Crippen LogP contribution in [0.1, 0.15) is 12.0 Å². The third kappa shape index (κ3) is 4.08. The molecule has 0 spiro atoms. The largest absolute Gasteiger partial charge is 0.416 e. The number of benzene rings is 1. The number of carbonyl (C=O) groups is 2. The number of hydrogen-bond acceptors (Lipinski definition) is 3. The highest BCUT2D eigenvalue weighted by atomic mass is 19.4. The maximum absolute atomic E-state index is 12.3. The first-order valence-electron chi connectivity index (χ1n) is 5.00. The van der Waals surface area contributed by atoms with Crippen molar-refractivity contribution in [3.63, 3.8) is 0 Å². The van der Waals surface area contributed by atoms with E-state index in [1.807, 2.05) is 0 Å². The van der Waals surface area contributed by atoms with Gasteiger partial charge in [-0.25, -0.2) is 0 Å². The summed E-state index contributed by atoms with van der Waals surface area (Å²) in [5.41, 5.74) is 4.44. The maximum atomic E-state index is 12.3. The quantitative estimate of drug-likeness (QED) is 0.789. The van der Waals surface area contributed by atoms with Gasteiger partial charge < -0.3 is 15.8 Å². The Hall–Kier alpha value is -2.05. The van der Waals surface area contributed by atoms with Crippen molar-refractivity contribution in [2.75, 3.05) is 5.32 Å². The molecule has 18 heavy (non-hydrogen) atoms. The number of rotatable bonds is 5.